The van der Waals surface area contributed by atoms with Crippen LogP contribution in [0.25, 0.3) is 5.69 Å². The molecule has 140 valence electrons. The Labute approximate surface area is 148 Å². The molecule has 0 radical (unpaired) electrons. The van der Waals surface area contributed by atoms with Crippen LogP contribution < -0.4 is 5.32 Å². The van der Waals surface area contributed by atoms with Gasteiger partial charge in [-0.2, -0.15) is 18.3 Å². The van der Waals surface area contributed by atoms with Crippen LogP contribution in [-0.2, 0) is 6.18 Å². The summed E-state index contributed by atoms with van der Waals surface area (Å²) in [5, 5.41) is 16.1. The van der Waals surface area contributed by atoms with Crippen LogP contribution in [-0.4, -0.2) is 45.0 Å². The molecule has 1 aromatic heterocycles. The highest BCUT2D eigenvalue weighted by Gasteiger charge is 2.34. The maximum Gasteiger partial charge on any atom is 0.416 e. The number of likely N-dealkylation sites (tertiary alicyclic amines) is 1. The quantitative estimate of drug-likeness (QED) is 0.875. The van der Waals surface area contributed by atoms with Crippen LogP contribution >= 0.6 is 0 Å². The standard InChI is InChI=1S/C17H19F3N4O2/c1-11-5-6-23(15(11)10-25)16(26)22-13-8-21-24(9-13)14-4-2-3-12(7-14)17(18,19)20/h2-4,7-9,11,15,25H,5-6,10H2,1H3,(H,22,26). The zero-order valence-electron chi connectivity index (χ0n) is 14.1. The number of benzene rings is 1. The number of anilines is 1. The van der Waals surface area contributed by atoms with Crippen LogP contribution in [0.3, 0.4) is 0 Å². The molecule has 1 saturated heterocycles. The first-order valence-electron chi connectivity index (χ1n) is 8.20. The molecule has 6 nitrogen and oxygen atoms in total. The molecule has 9 heteroatoms. The number of aromatic nitrogens is 2. The summed E-state index contributed by atoms with van der Waals surface area (Å²) < 4.78 is 39.7. The van der Waals surface area contributed by atoms with Crippen LogP contribution in [0.15, 0.2) is 36.7 Å². The van der Waals surface area contributed by atoms with Gasteiger partial charge in [-0.1, -0.05) is 13.0 Å². The van der Waals surface area contributed by atoms with E-state index in [1.165, 1.54) is 29.2 Å². The van der Waals surface area contributed by atoms with Crippen molar-refractivity contribution in [2.24, 2.45) is 5.92 Å². The summed E-state index contributed by atoms with van der Waals surface area (Å²) in [5.74, 6) is 0.207. The summed E-state index contributed by atoms with van der Waals surface area (Å²) in [5.41, 5.74) is -0.167. The predicted molar refractivity (Wildman–Crippen MR) is 88.9 cm³/mol. The lowest BCUT2D eigenvalue weighted by Crippen LogP contribution is -2.42. The molecule has 2 atom stereocenters. The van der Waals surface area contributed by atoms with E-state index < -0.39 is 11.7 Å². The fraction of sp³-hybridized carbons (Fsp3) is 0.412. The number of urea groups is 1. The second kappa shape index (κ2) is 6.99. The summed E-state index contributed by atoms with van der Waals surface area (Å²) in [6, 6.07) is 4.17. The predicted octanol–water partition coefficient (Wildman–Crippen LogP) is 3.13. The average molecular weight is 368 g/mol. The lowest BCUT2D eigenvalue weighted by Gasteiger charge is -2.25. The minimum absolute atomic E-state index is 0.113. The van der Waals surface area contributed by atoms with Gasteiger partial charge in [-0.05, 0) is 30.5 Å². The van der Waals surface area contributed by atoms with E-state index in [2.05, 4.69) is 10.4 Å². The van der Waals surface area contributed by atoms with Crippen molar-refractivity contribution in [2.45, 2.75) is 25.6 Å². The Morgan fingerprint density at radius 1 is 1.42 bits per heavy atom. The summed E-state index contributed by atoms with van der Waals surface area (Å²) in [6.07, 6.45) is -0.819. The van der Waals surface area contributed by atoms with Gasteiger partial charge in [0.05, 0.1) is 42.0 Å². The van der Waals surface area contributed by atoms with Crippen LogP contribution in [0.1, 0.15) is 18.9 Å². The smallest absolute Gasteiger partial charge is 0.394 e. The van der Waals surface area contributed by atoms with Crippen molar-refractivity contribution in [1.29, 1.82) is 0 Å². The topological polar surface area (TPSA) is 70.4 Å². The van der Waals surface area contributed by atoms with E-state index in [0.717, 1.165) is 18.6 Å². The first-order chi connectivity index (χ1) is 12.3. The van der Waals surface area contributed by atoms with Gasteiger partial charge in [-0.25, -0.2) is 9.48 Å². The van der Waals surface area contributed by atoms with Crippen LogP contribution in [0.5, 0.6) is 0 Å². The second-order valence-electron chi connectivity index (χ2n) is 6.36. The van der Waals surface area contributed by atoms with Crippen molar-refractivity contribution in [3.63, 3.8) is 0 Å². The molecule has 1 fully saturated rings. The van der Waals surface area contributed by atoms with E-state index in [9.17, 15) is 23.1 Å². The van der Waals surface area contributed by atoms with Crippen molar-refractivity contribution < 1.29 is 23.1 Å². The number of amides is 2. The maximum atomic E-state index is 12.8. The van der Waals surface area contributed by atoms with Gasteiger partial charge in [0.25, 0.3) is 0 Å². The zero-order chi connectivity index (χ0) is 18.9. The number of nitrogens with one attached hydrogen (secondary N) is 1. The van der Waals surface area contributed by atoms with Gasteiger partial charge in [0, 0.05) is 6.54 Å². The number of alkyl halides is 3. The number of carbonyl (C=O) groups is 1. The molecule has 1 aliphatic rings. The number of hydrogen-bond acceptors (Lipinski definition) is 3. The molecule has 0 aliphatic carbocycles. The summed E-state index contributed by atoms with van der Waals surface area (Å²) >= 11 is 0. The van der Waals surface area contributed by atoms with Gasteiger partial charge < -0.3 is 15.3 Å². The molecule has 2 heterocycles. The molecule has 0 bridgehead atoms. The van der Waals surface area contributed by atoms with Gasteiger partial charge in [0.15, 0.2) is 0 Å². The minimum atomic E-state index is -4.44. The summed E-state index contributed by atoms with van der Waals surface area (Å²) in [7, 11) is 0. The van der Waals surface area contributed by atoms with Crippen molar-refractivity contribution in [3.8, 4) is 5.69 Å². The first kappa shape index (κ1) is 18.2. The third kappa shape index (κ3) is 3.67. The van der Waals surface area contributed by atoms with Crippen molar-refractivity contribution in [3.05, 3.63) is 42.2 Å². The number of aliphatic hydroxyl groups is 1. The normalized spacial score (nSPS) is 20.4. The molecule has 0 saturated carbocycles. The maximum absolute atomic E-state index is 12.8. The van der Waals surface area contributed by atoms with E-state index >= 15 is 0 Å². The van der Waals surface area contributed by atoms with Crippen molar-refractivity contribution in [2.75, 3.05) is 18.5 Å². The van der Waals surface area contributed by atoms with Crippen LogP contribution in [0, 0.1) is 5.92 Å². The number of aliphatic hydroxyl groups excluding tert-OH is 1. The minimum Gasteiger partial charge on any atom is -0.394 e. The largest absolute Gasteiger partial charge is 0.416 e. The van der Waals surface area contributed by atoms with Gasteiger partial charge in [-0.15, -0.1) is 0 Å². The molecule has 2 unspecified atom stereocenters. The Morgan fingerprint density at radius 2 is 2.19 bits per heavy atom. The number of hydrogen-bond donors (Lipinski definition) is 2. The molecule has 2 amide bonds. The Hall–Kier alpha value is -2.55. The monoisotopic (exact) mass is 368 g/mol. The summed E-state index contributed by atoms with van der Waals surface area (Å²) in [6.45, 7) is 2.40. The van der Waals surface area contributed by atoms with Crippen LogP contribution in [0.2, 0.25) is 0 Å². The van der Waals surface area contributed by atoms with E-state index in [-0.39, 0.29) is 30.3 Å². The molecule has 1 aliphatic heterocycles. The molecule has 0 spiro atoms. The molecular formula is C17H19F3N4O2. The number of carbonyl (C=O) groups excluding carboxylic acids is 1. The fourth-order valence-electron chi connectivity index (χ4n) is 3.09. The Bertz CT molecular complexity index is 790. The highest BCUT2D eigenvalue weighted by Crippen LogP contribution is 2.30. The van der Waals surface area contributed by atoms with E-state index in [1.807, 2.05) is 6.92 Å². The first-order valence-corrected chi connectivity index (χ1v) is 8.20. The van der Waals surface area contributed by atoms with Crippen LogP contribution in [0.4, 0.5) is 23.7 Å². The Kier molecular flexibility index (Phi) is 4.90. The van der Waals surface area contributed by atoms with Gasteiger partial charge >= 0.3 is 12.2 Å². The van der Waals surface area contributed by atoms with E-state index in [4.69, 9.17) is 0 Å². The molecule has 2 aromatic rings. The third-order valence-electron chi connectivity index (χ3n) is 4.60. The lowest BCUT2D eigenvalue weighted by atomic mass is 10.0. The fourth-order valence-corrected chi connectivity index (χ4v) is 3.09. The Morgan fingerprint density at radius 3 is 2.88 bits per heavy atom. The molecule has 3 rings (SSSR count). The SMILES string of the molecule is CC1CCN(C(=O)Nc2cnn(-c3cccc(C(F)(F)F)c3)c2)C1CO. The Balaban J connectivity index is 1.74. The number of rotatable bonds is 3. The second-order valence-corrected chi connectivity index (χ2v) is 6.36. The highest BCUT2D eigenvalue weighted by molar-refractivity contribution is 5.89. The van der Waals surface area contributed by atoms with E-state index in [0.29, 0.717) is 12.2 Å². The van der Waals surface area contributed by atoms with Crippen molar-refractivity contribution in [1.82, 2.24) is 14.7 Å². The third-order valence-corrected chi connectivity index (χ3v) is 4.60. The zero-order valence-corrected chi connectivity index (χ0v) is 14.1. The molecular weight excluding hydrogens is 349 g/mol. The summed E-state index contributed by atoms with van der Waals surface area (Å²) in [4.78, 5) is 13.9. The van der Waals surface area contributed by atoms with E-state index in [1.54, 1.807) is 4.90 Å². The van der Waals surface area contributed by atoms with Gasteiger partial charge in [0.2, 0.25) is 0 Å². The number of halogens is 3. The highest BCUT2D eigenvalue weighted by atomic mass is 19.4. The van der Waals surface area contributed by atoms with Gasteiger partial charge in [-0.3, -0.25) is 0 Å². The molecule has 2 N–H and O–H groups in total. The lowest BCUT2D eigenvalue weighted by molar-refractivity contribution is -0.137. The van der Waals surface area contributed by atoms with Gasteiger partial charge in [0.1, 0.15) is 0 Å². The number of nitrogens with zero attached hydrogens (tertiary/aromatic N) is 3. The molecule has 26 heavy (non-hydrogen) atoms. The molecule has 1 aromatic carbocycles. The average Bonchev–Trinajstić information content (AvgIpc) is 3.20. The van der Waals surface area contributed by atoms with Crippen molar-refractivity contribution >= 4 is 11.7 Å².